The van der Waals surface area contributed by atoms with Crippen molar-refractivity contribution in [2.24, 2.45) is 0 Å². The van der Waals surface area contributed by atoms with Gasteiger partial charge >= 0.3 is 0 Å². The maximum Gasteiger partial charge on any atom is 0.130 e. The van der Waals surface area contributed by atoms with Crippen molar-refractivity contribution in [3.8, 4) is 11.3 Å². The Morgan fingerprint density at radius 3 is 2.93 bits per heavy atom. The van der Waals surface area contributed by atoms with Crippen molar-refractivity contribution in [1.29, 1.82) is 0 Å². The lowest BCUT2D eigenvalue weighted by atomic mass is 10.2. The first-order valence-corrected chi connectivity index (χ1v) is 6.59. The molecule has 0 aliphatic heterocycles. The topological polar surface area (TPSA) is 25.8 Å². The molecule has 0 fully saturated rings. The summed E-state index contributed by atoms with van der Waals surface area (Å²) >= 11 is 5.10. The average Bonchev–Trinajstić information content (AvgIpc) is 2.70. The fourth-order valence-electron chi connectivity index (χ4n) is 1.36. The first kappa shape index (κ1) is 10.8. The third-order valence-corrected chi connectivity index (χ3v) is 3.12. The maximum absolute atomic E-state index is 4.53. The maximum atomic E-state index is 4.53. The van der Waals surface area contributed by atoms with Gasteiger partial charge in [-0.2, -0.15) is 11.3 Å². The predicted octanol–water partition coefficient (Wildman–Crippen LogP) is 3.92. The van der Waals surface area contributed by atoms with Gasteiger partial charge in [0, 0.05) is 17.4 Å². The lowest BCUT2D eigenvalue weighted by molar-refractivity contribution is 0.831. The molecule has 0 saturated carbocycles. The Labute approximate surface area is 102 Å². The van der Waals surface area contributed by atoms with Crippen LogP contribution in [0, 0.1) is 0 Å². The van der Waals surface area contributed by atoms with E-state index < -0.39 is 0 Å². The van der Waals surface area contributed by atoms with Crippen LogP contribution in [0.15, 0.2) is 27.5 Å². The highest BCUT2D eigenvalue weighted by Gasteiger charge is 2.04. The summed E-state index contributed by atoms with van der Waals surface area (Å²) in [5, 5.41) is 4.16. The quantitative estimate of drug-likeness (QED) is 0.798. The first-order chi connectivity index (χ1) is 7.29. The minimum atomic E-state index is 0.863. The second-order valence-electron chi connectivity index (χ2n) is 3.25. The molecule has 0 spiro atoms. The van der Waals surface area contributed by atoms with Gasteiger partial charge in [0.1, 0.15) is 10.4 Å². The highest BCUT2D eigenvalue weighted by atomic mass is 79.9. The molecule has 2 rings (SSSR count). The Morgan fingerprint density at radius 1 is 1.40 bits per heavy atom. The molecule has 2 aromatic heterocycles. The van der Waals surface area contributed by atoms with Crippen molar-refractivity contribution < 1.29 is 0 Å². The lowest BCUT2D eigenvalue weighted by Crippen LogP contribution is -1.96. The van der Waals surface area contributed by atoms with E-state index in [-0.39, 0.29) is 0 Å². The van der Waals surface area contributed by atoms with Crippen molar-refractivity contribution >= 4 is 27.3 Å². The largest absolute Gasteiger partial charge is 0.233 e. The van der Waals surface area contributed by atoms with Crippen LogP contribution in [0.5, 0.6) is 0 Å². The molecule has 2 aromatic rings. The molecule has 0 N–H and O–H groups in total. The minimum Gasteiger partial charge on any atom is -0.233 e. The van der Waals surface area contributed by atoms with Gasteiger partial charge in [0.2, 0.25) is 0 Å². The number of aromatic nitrogens is 2. The molecular weight excluding hydrogens is 272 g/mol. The number of aryl methyl sites for hydroxylation is 1. The average molecular weight is 283 g/mol. The van der Waals surface area contributed by atoms with Crippen LogP contribution in [0.3, 0.4) is 0 Å². The zero-order valence-corrected chi connectivity index (χ0v) is 10.8. The summed E-state index contributed by atoms with van der Waals surface area (Å²) in [6, 6.07) is 4.04. The SMILES string of the molecule is CCCc1nc(Br)cc(-c2ccsc2)n1. The van der Waals surface area contributed by atoms with Crippen molar-refractivity contribution in [1.82, 2.24) is 9.97 Å². The number of rotatable bonds is 3. The fraction of sp³-hybridized carbons (Fsp3) is 0.273. The van der Waals surface area contributed by atoms with E-state index in [2.05, 4.69) is 49.6 Å². The highest BCUT2D eigenvalue weighted by Crippen LogP contribution is 2.22. The summed E-state index contributed by atoms with van der Waals surface area (Å²) in [4.78, 5) is 8.87. The lowest BCUT2D eigenvalue weighted by Gasteiger charge is -2.02. The molecule has 15 heavy (non-hydrogen) atoms. The fourth-order valence-corrected chi connectivity index (χ4v) is 2.43. The normalized spacial score (nSPS) is 10.5. The summed E-state index contributed by atoms with van der Waals surface area (Å²) in [5.41, 5.74) is 2.17. The van der Waals surface area contributed by atoms with Gasteiger partial charge in [0.15, 0.2) is 0 Å². The van der Waals surface area contributed by atoms with E-state index in [1.54, 1.807) is 11.3 Å². The Morgan fingerprint density at radius 2 is 2.27 bits per heavy atom. The van der Waals surface area contributed by atoms with Gasteiger partial charge in [0.25, 0.3) is 0 Å². The minimum absolute atomic E-state index is 0.863. The van der Waals surface area contributed by atoms with E-state index in [1.165, 1.54) is 5.56 Å². The monoisotopic (exact) mass is 282 g/mol. The van der Waals surface area contributed by atoms with Crippen LogP contribution in [-0.4, -0.2) is 9.97 Å². The van der Waals surface area contributed by atoms with Crippen molar-refractivity contribution in [3.05, 3.63) is 33.3 Å². The van der Waals surface area contributed by atoms with Crippen LogP contribution < -0.4 is 0 Å². The molecule has 2 heterocycles. The molecule has 0 aliphatic rings. The van der Waals surface area contributed by atoms with Gasteiger partial charge in [-0.15, -0.1) is 0 Å². The Kier molecular flexibility index (Phi) is 3.49. The zero-order valence-electron chi connectivity index (χ0n) is 8.40. The van der Waals surface area contributed by atoms with Gasteiger partial charge in [-0.3, -0.25) is 0 Å². The molecule has 2 nitrogen and oxygen atoms in total. The second kappa shape index (κ2) is 4.86. The van der Waals surface area contributed by atoms with Crippen molar-refractivity contribution in [2.45, 2.75) is 19.8 Å². The smallest absolute Gasteiger partial charge is 0.130 e. The van der Waals surface area contributed by atoms with Crippen LogP contribution in [0.1, 0.15) is 19.2 Å². The molecule has 0 saturated heterocycles. The first-order valence-electron chi connectivity index (χ1n) is 4.85. The van der Waals surface area contributed by atoms with E-state index in [9.17, 15) is 0 Å². The van der Waals surface area contributed by atoms with E-state index >= 15 is 0 Å². The third kappa shape index (κ3) is 2.63. The molecular formula is C11H11BrN2S. The summed E-state index contributed by atoms with van der Waals surface area (Å²) in [6.45, 7) is 2.13. The second-order valence-corrected chi connectivity index (χ2v) is 4.85. The van der Waals surface area contributed by atoms with E-state index in [4.69, 9.17) is 0 Å². The summed E-state index contributed by atoms with van der Waals surface area (Å²) in [5.74, 6) is 0.910. The van der Waals surface area contributed by atoms with Gasteiger partial charge in [-0.25, -0.2) is 9.97 Å². The van der Waals surface area contributed by atoms with Crippen molar-refractivity contribution in [2.75, 3.05) is 0 Å². The molecule has 0 unspecified atom stereocenters. The van der Waals surface area contributed by atoms with E-state index in [0.717, 1.165) is 29.0 Å². The zero-order chi connectivity index (χ0) is 10.7. The standard InChI is InChI=1S/C11H11BrN2S/c1-2-3-11-13-9(6-10(12)14-11)8-4-5-15-7-8/h4-7H,2-3H2,1H3. The van der Waals surface area contributed by atoms with Crippen molar-refractivity contribution in [3.63, 3.8) is 0 Å². The van der Waals surface area contributed by atoms with Gasteiger partial charge < -0.3 is 0 Å². The summed E-state index contributed by atoms with van der Waals surface area (Å²) < 4.78 is 0.863. The van der Waals surface area contributed by atoms with Crippen LogP contribution in [0.2, 0.25) is 0 Å². The molecule has 78 valence electrons. The van der Waals surface area contributed by atoms with Gasteiger partial charge in [-0.1, -0.05) is 6.92 Å². The van der Waals surface area contributed by atoms with Crippen LogP contribution in [-0.2, 0) is 6.42 Å². The molecule has 0 aliphatic carbocycles. The number of thiophene rings is 1. The highest BCUT2D eigenvalue weighted by molar-refractivity contribution is 9.10. The third-order valence-electron chi connectivity index (χ3n) is 2.03. The van der Waals surface area contributed by atoms with Gasteiger partial charge in [-0.05, 0) is 39.9 Å². The number of hydrogen-bond acceptors (Lipinski definition) is 3. The Hall–Kier alpha value is -0.740. The van der Waals surface area contributed by atoms with Crippen LogP contribution >= 0.6 is 27.3 Å². The molecule has 4 heteroatoms. The predicted molar refractivity (Wildman–Crippen MR) is 67.0 cm³/mol. The molecule has 0 atom stereocenters. The Bertz CT molecular complexity index is 440. The van der Waals surface area contributed by atoms with Gasteiger partial charge in [0.05, 0.1) is 5.69 Å². The van der Waals surface area contributed by atoms with E-state index in [1.807, 2.05) is 6.07 Å². The molecule has 0 amide bonds. The molecule has 0 aromatic carbocycles. The number of nitrogens with zero attached hydrogens (tertiary/aromatic N) is 2. The number of halogens is 1. The summed E-state index contributed by atoms with van der Waals surface area (Å²) in [7, 11) is 0. The van der Waals surface area contributed by atoms with Crippen LogP contribution in [0.25, 0.3) is 11.3 Å². The summed E-state index contributed by atoms with van der Waals surface area (Å²) in [6.07, 6.45) is 2.00. The number of hydrogen-bond donors (Lipinski definition) is 0. The Balaban J connectivity index is 2.40. The molecule has 0 bridgehead atoms. The van der Waals surface area contributed by atoms with Crippen LogP contribution in [0.4, 0.5) is 0 Å². The molecule has 0 radical (unpaired) electrons. The van der Waals surface area contributed by atoms with E-state index in [0.29, 0.717) is 0 Å².